The maximum atomic E-state index is 12.6. The van der Waals surface area contributed by atoms with Crippen molar-refractivity contribution >= 4 is 5.91 Å². The van der Waals surface area contributed by atoms with Crippen molar-refractivity contribution in [3.8, 4) is 5.69 Å². The van der Waals surface area contributed by atoms with Crippen molar-refractivity contribution in [1.29, 1.82) is 0 Å². The predicted octanol–water partition coefficient (Wildman–Crippen LogP) is 2.97. The van der Waals surface area contributed by atoms with Crippen molar-refractivity contribution < 1.29 is 4.79 Å². The zero-order valence-corrected chi connectivity index (χ0v) is 16.1. The smallest absolute Gasteiger partial charge is 0.255 e. The first-order chi connectivity index (χ1) is 13.7. The summed E-state index contributed by atoms with van der Waals surface area (Å²) in [6.45, 7) is 4.36. The van der Waals surface area contributed by atoms with Crippen molar-refractivity contribution in [1.82, 2.24) is 24.8 Å². The van der Waals surface area contributed by atoms with E-state index in [9.17, 15) is 4.79 Å². The monoisotopic (exact) mass is 375 g/mol. The number of imidazole rings is 1. The highest BCUT2D eigenvalue weighted by Crippen LogP contribution is 2.18. The van der Waals surface area contributed by atoms with Gasteiger partial charge in [0, 0.05) is 50.5 Å². The van der Waals surface area contributed by atoms with E-state index in [0.717, 1.165) is 44.0 Å². The lowest BCUT2D eigenvalue weighted by Gasteiger charge is -2.32. The van der Waals surface area contributed by atoms with E-state index < -0.39 is 0 Å². The first-order valence-electron chi connectivity index (χ1n) is 9.73. The van der Waals surface area contributed by atoms with E-state index in [1.807, 2.05) is 30.3 Å². The molecule has 0 radical (unpaired) electrons. The van der Waals surface area contributed by atoms with Gasteiger partial charge in [-0.25, -0.2) is 4.98 Å². The number of nitrogens with zero attached hydrogens (tertiary/aromatic N) is 4. The molecule has 3 aromatic rings. The molecule has 0 spiro atoms. The number of piperidine rings is 1. The van der Waals surface area contributed by atoms with Crippen LogP contribution in [0.5, 0.6) is 0 Å². The Morgan fingerprint density at radius 3 is 2.68 bits per heavy atom. The summed E-state index contributed by atoms with van der Waals surface area (Å²) in [4.78, 5) is 22.9. The summed E-state index contributed by atoms with van der Waals surface area (Å²) in [7, 11) is 0. The number of rotatable bonds is 5. The molecule has 4 rings (SSSR count). The number of carbonyl (C=O) groups is 1. The van der Waals surface area contributed by atoms with Crippen LogP contribution < -0.4 is 5.32 Å². The standard InChI is InChI=1S/C22H25N5O/c1-17-24-11-14-27(17)21-7-3-2-5-18(21)16-25-20-8-12-26(13-9-20)22(28)19-6-4-10-23-15-19/h2-7,10-11,14-15,20,25H,8-9,12-13,16H2,1H3. The lowest BCUT2D eigenvalue weighted by molar-refractivity contribution is 0.0704. The molecule has 0 atom stereocenters. The Morgan fingerprint density at radius 1 is 1.14 bits per heavy atom. The van der Waals surface area contributed by atoms with Crippen molar-refractivity contribution in [2.75, 3.05) is 13.1 Å². The van der Waals surface area contributed by atoms with Gasteiger partial charge in [0.2, 0.25) is 0 Å². The van der Waals surface area contributed by atoms with E-state index in [1.54, 1.807) is 18.5 Å². The molecule has 0 aliphatic carbocycles. The fourth-order valence-electron chi connectivity index (χ4n) is 3.74. The van der Waals surface area contributed by atoms with Crippen LogP contribution >= 0.6 is 0 Å². The van der Waals surface area contributed by atoms with Gasteiger partial charge in [-0.2, -0.15) is 0 Å². The molecular formula is C22H25N5O. The SMILES string of the molecule is Cc1nccn1-c1ccccc1CNC1CCN(C(=O)c2cccnc2)CC1. The third-order valence-electron chi connectivity index (χ3n) is 5.35. The fraction of sp³-hybridized carbons (Fsp3) is 0.318. The van der Waals surface area contributed by atoms with Crippen molar-refractivity contribution in [3.05, 3.63) is 78.1 Å². The minimum absolute atomic E-state index is 0.0764. The average Bonchev–Trinajstić information content (AvgIpc) is 3.18. The van der Waals surface area contributed by atoms with E-state index in [-0.39, 0.29) is 5.91 Å². The lowest BCUT2D eigenvalue weighted by atomic mass is 10.0. The molecule has 1 aromatic carbocycles. The number of hydrogen-bond acceptors (Lipinski definition) is 4. The Morgan fingerprint density at radius 2 is 1.96 bits per heavy atom. The first kappa shape index (κ1) is 18.4. The largest absolute Gasteiger partial charge is 0.338 e. The van der Waals surface area contributed by atoms with Crippen molar-refractivity contribution in [2.24, 2.45) is 0 Å². The molecule has 28 heavy (non-hydrogen) atoms. The molecule has 0 unspecified atom stereocenters. The number of benzene rings is 1. The van der Waals surface area contributed by atoms with Gasteiger partial charge in [0.05, 0.1) is 11.3 Å². The number of para-hydroxylation sites is 1. The second-order valence-corrected chi connectivity index (χ2v) is 7.16. The van der Waals surface area contributed by atoms with Gasteiger partial charge in [0.15, 0.2) is 0 Å². The van der Waals surface area contributed by atoms with Gasteiger partial charge in [-0.3, -0.25) is 9.78 Å². The predicted molar refractivity (Wildman–Crippen MR) is 108 cm³/mol. The highest BCUT2D eigenvalue weighted by Gasteiger charge is 2.23. The molecule has 1 amide bonds. The Balaban J connectivity index is 1.34. The highest BCUT2D eigenvalue weighted by molar-refractivity contribution is 5.93. The zero-order valence-electron chi connectivity index (χ0n) is 16.1. The van der Waals surface area contributed by atoms with Crippen LogP contribution in [-0.4, -0.2) is 44.5 Å². The first-order valence-corrected chi connectivity index (χ1v) is 9.73. The molecule has 2 aromatic heterocycles. The molecule has 1 fully saturated rings. The summed E-state index contributed by atoms with van der Waals surface area (Å²) in [6, 6.07) is 12.5. The van der Waals surface area contributed by atoms with E-state index in [0.29, 0.717) is 11.6 Å². The van der Waals surface area contributed by atoms with Gasteiger partial charge in [0.1, 0.15) is 5.82 Å². The number of nitrogens with one attached hydrogen (secondary N) is 1. The number of amides is 1. The van der Waals surface area contributed by atoms with E-state index in [1.165, 1.54) is 5.56 Å². The van der Waals surface area contributed by atoms with E-state index >= 15 is 0 Å². The summed E-state index contributed by atoms with van der Waals surface area (Å²) in [6.07, 6.45) is 9.07. The second-order valence-electron chi connectivity index (χ2n) is 7.16. The third kappa shape index (κ3) is 3.97. The van der Waals surface area contributed by atoms with Gasteiger partial charge < -0.3 is 14.8 Å². The summed E-state index contributed by atoms with van der Waals surface area (Å²) >= 11 is 0. The molecular weight excluding hydrogens is 350 g/mol. The molecule has 6 nitrogen and oxygen atoms in total. The Hall–Kier alpha value is -2.99. The van der Waals surface area contributed by atoms with Crippen LogP contribution in [0.3, 0.4) is 0 Å². The van der Waals surface area contributed by atoms with Crippen molar-refractivity contribution in [3.63, 3.8) is 0 Å². The summed E-state index contributed by atoms with van der Waals surface area (Å²) in [5.74, 6) is 1.06. The van der Waals surface area contributed by atoms with Gasteiger partial charge in [-0.15, -0.1) is 0 Å². The maximum absolute atomic E-state index is 12.6. The normalized spacial score (nSPS) is 15.0. The van der Waals surface area contributed by atoms with Crippen LogP contribution in [0, 0.1) is 6.92 Å². The Labute approximate surface area is 165 Å². The number of pyridine rings is 1. The molecule has 0 bridgehead atoms. The van der Waals surface area contributed by atoms with Crippen LogP contribution in [0.15, 0.2) is 61.2 Å². The summed E-state index contributed by atoms with van der Waals surface area (Å²) in [5, 5.41) is 3.67. The molecule has 3 heterocycles. The molecule has 1 saturated heterocycles. The van der Waals surface area contributed by atoms with Crippen LogP contribution in [0.2, 0.25) is 0 Å². The van der Waals surface area contributed by atoms with Crippen LogP contribution in [0.25, 0.3) is 5.69 Å². The quantitative estimate of drug-likeness (QED) is 0.745. The van der Waals surface area contributed by atoms with Gasteiger partial charge in [-0.1, -0.05) is 18.2 Å². The average molecular weight is 375 g/mol. The molecule has 1 aliphatic heterocycles. The van der Waals surface area contributed by atoms with Gasteiger partial charge in [0.25, 0.3) is 5.91 Å². The van der Waals surface area contributed by atoms with Crippen LogP contribution in [-0.2, 0) is 6.54 Å². The number of hydrogen-bond donors (Lipinski definition) is 1. The number of likely N-dealkylation sites (tertiary alicyclic amines) is 1. The Kier molecular flexibility index (Phi) is 5.48. The number of carbonyl (C=O) groups excluding carboxylic acids is 1. The zero-order chi connectivity index (χ0) is 19.3. The van der Waals surface area contributed by atoms with Crippen LogP contribution in [0.1, 0.15) is 34.6 Å². The molecule has 6 heteroatoms. The molecule has 0 saturated carbocycles. The van der Waals surface area contributed by atoms with Crippen LogP contribution in [0.4, 0.5) is 0 Å². The Bertz CT molecular complexity index is 929. The minimum atomic E-state index is 0.0764. The number of aryl methyl sites for hydroxylation is 1. The molecule has 1 aliphatic rings. The van der Waals surface area contributed by atoms with E-state index in [4.69, 9.17) is 0 Å². The highest BCUT2D eigenvalue weighted by atomic mass is 16.2. The number of aromatic nitrogens is 3. The maximum Gasteiger partial charge on any atom is 0.255 e. The molecule has 1 N–H and O–H groups in total. The molecule has 144 valence electrons. The summed E-state index contributed by atoms with van der Waals surface area (Å²) in [5.41, 5.74) is 3.07. The van der Waals surface area contributed by atoms with Crippen molar-refractivity contribution in [2.45, 2.75) is 32.4 Å². The van der Waals surface area contributed by atoms with E-state index in [2.05, 4.69) is 44.1 Å². The summed E-state index contributed by atoms with van der Waals surface area (Å²) < 4.78 is 2.12. The lowest BCUT2D eigenvalue weighted by Crippen LogP contribution is -2.44. The van der Waals surface area contributed by atoms with Gasteiger partial charge >= 0.3 is 0 Å². The second kappa shape index (κ2) is 8.35. The topological polar surface area (TPSA) is 63.1 Å². The minimum Gasteiger partial charge on any atom is -0.338 e. The third-order valence-corrected chi connectivity index (χ3v) is 5.35. The van der Waals surface area contributed by atoms with Gasteiger partial charge in [-0.05, 0) is 43.5 Å². The fourth-order valence-corrected chi connectivity index (χ4v) is 3.74.